The van der Waals surface area contributed by atoms with Gasteiger partial charge in [0, 0.05) is 45.5 Å². The van der Waals surface area contributed by atoms with Crippen molar-refractivity contribution in [1.29, 1.82) is 0 Å². The fourth-order valence-electron chi connectivity index (χ4n) is 11.3. The molecule has 0 aromatic heterocycles. The van der Waals surface area contributed by atoms with Crippen LogP contribution in [0.1, 0.15) is 33.4 Å². The highest BCUT2D eigenvalue weighted by Crippen LogP contribution is 2.49. The number of nitrogens with zero attached hydrogens (tertiary/aromatic N) is 3. The largest absolute Gasteiger partial charge is 0.311 e. The zero-order valence-electron chi connectivity index (χ0n) is 37.9. The van der Waals surface area contributed by atoms with E-state index in [0.29, 0.717) is 0 Å². The van der Waals surface area contributed by atoms with Gasteiger partial charge in [-0.05, 0) is 139 Å². The van der Waals surface area contributed by atoms with Crippen LogP contribution in [-0.4, -0.2) is 14.8 Å². The number of fused-ring (bicyclic) bond motifs is 6. The lowest BCUT2D eigenvalue weighted by molar-refractivity contribution is 1.22. The van der Waals surface area contributed by atoms with Crippen molar-refractivity contribution in [1.82, 2.24) is 0 Å². The van der Waals surface area contributed by atoms with Gasteiger partial charge in [0.15, 0.2) is 8.07 Å². The number of hydrogen-bond donors (Lipinski definition) is 0. The molecule has 65 heavy (non-hydrogen) atoms. The van der Waals surface area contributed by atoms with Crippen LogP contribution in [0.3, 0.4) is 0 Å². The predicted molar refractivity (Wildman–Crippen MR) is 281 cm³/mol. The fraction of sp³-hybridized carbons (Fsp3) is 0.100. The summed E-state index contributed by atoms with van der Waals surface area (Å²) in [6.45, 7) is 13.4. The van der Waals surface area contributed by atoms with E-state index in [4.69, 9.17) is 0 Å². The Balaban J connectivity index is 1.22. The molecule has 0 unspecified atom stereocenters. The van der Waals surface area contributed by atoms with E-state index in [2.05, 4.69) is 250 Å². The van der Waals surface area contributed by atoms with E-state index in [1.165, 1.54) is 105 Å². The molecule has 312 valence electrons. The van der Waals surface area contributed by atoms with Crippen molar-refractivity contribution in [2.75, 3.05) is 14.7 Å². The smallest absolute Gasteiger partial charge is 0.252 e. The topological polar surface area (TPSA) is 9.72 Å². The summed E-state index contributed by atoms with van der Waals surface area (Å²) in [6, 6.07) is 74.6. The molecular formula is C60H50BN3Si. The first-order valence-corrected chi connectivity index (χ1v) is 24.9. The average molecular weight is 852 g/mol. The van der Waals surface area contributed by atoms with Crippen LogP contribution >= 0.6 is 0 Å². The second-order valence-corrected chi connectivity index (χ2v) is 22.4. The maximum Gasteiger partial charge on any atom is 0.252 e. The minimum atomic E-state index is -2.88. The second kappa shape index (κ2) is 14.9. The van der Waals surface area contributed by atoms with Crippen LogP contribution in [0.5, 0.6) is 0 Å². The Morgan fingerprint density at radius 1 is 0.308 bits per heavy atom. The van der Waals surface area contributed by atoms with Crippen LogP contribution in [0.4, 0.5) is 51.2 Å². The van der Waals surface area contributed by atoms with Crippen molar-refractivity contribution in [3.05, 3.63) is 228 Å². The van der Waals surface area contributed by atoms with Crippen molar-refractivity contribution in [3.63, 3.8) is 0 Å². The van der Waals surface area contributed by atoms with Crippen LogP contribution in [0, 0.1) is 41.5 Å². The molecule has 0 bridgehead atoms. The molecule has 0 spiro atoms. The summed E-state index contributed by atoms with van der Waals surface area (Å²) in [5.41, 5.74) is 22.3. The molecule has 0 saturated carbocycles. The van der Waals surface area contributed by atoms with E-state index in [1.807, 2.05) is 0 Å². The standard InChI is InChI=1S/C60H50BN3Si/c1-39-17-25-45(26-18-39)62-52-29-21-41(3)33-50(52)61-51-34-42(4)22-30-53(51)63(46-27-19-40(2)20-28-46)57-38-47(37-56(62)60(57)61)64-54-31-23-43(5)35-58(54)65(48-13-9-7-10-14-48,49-15-11-8-12-16-49)59-36-44(6)24-32-55(59)64/h7-38H,1-6H3. The summed E-state index contributed by atoms with van der Waals surface area (Å²) in [7, 11) is -2.88. The molecule has 0 fully saturated rings. The molecule has 12 rings (SSSR count). The molecule has 5 heteroatoms. The highest BCUT2D eigenvalue weighted by Gasteiger charge is 2.50. The Hall–Kier alpha value is -7.34. The van der Waals surface area contributed by atoms with Crippen LogP contribution in [0.15, 0.2) is 194 Å². The Bertz CT molecular complexity index is 3130. The van der Waals surface area contributed by atoms with Gasteiger partial charge in [-0.2, -0.15) is 0 Å². The lowest BCUT2D eigenvalue weighted by atomic mass is 9.33. The van der Waals surface area contributed by atoms with Gasteiger partial charge in [-0.3, -0.25) is 0 Å². The molecule has 0 saturated heterocycles. The number of aryl methyl sites for hydroxylation is 6. The van der Waals surface area contributed by atoms with E-state index in [9.17, 15) is 0 Å². The lowest BCUT2D eigenvalue weighted by Crippen LogP contribution is -2.77. The number of rotatable bonds is 5. The van der Waals surface area contributed by atoms with Gasteiger partial charge >= 0.3 is 0 Å². The molecule has 9 aromatic carbocycles. The van der Waals surface area contributed by atoms with Crippen molar-refractivity contribution < 1.29 is 0 Å². The van der Waals surface area contributed by atoms with Crippen LogP contribution in [0.2, 0.25) is 0 Å². The minimum absolute atomic E-state index is 0.0321. The third kappa shape index (κ3) is 5.95. The third-order valence-corrected chi connectivity index (χ3v) is 19.0. The van der Waals surface area contributed by atoms with Crippen molar-refractivity contribution in [3.8, 4) is 0 Å². The second-order valence-electron chi connectivity index (χ2n) is 18.7. The Labute approximate surface area is 385 Å². The summed E-state index contributed by atoms with van der Waals surface area (Å²) in [4.78, 5) is 7.69. The molecule has 9 aromatic rings. The van der Waals surface area contributed by atoms with Gasteiger partial charge in [-0.1, -0.05) is 167 Å². The molecule has 0 radical (unpaired) electrons. The maximum absolute atomic E-state index is 2.88. The molecule has 3 aliphatic heterocycles. The lowest BCUT2D eigenvalue weighted by Gasteiger charge is -2.47. The van der Waals surface area contributed by atoms with Gasteiger partial charge in [-0.25, -0.2) is 0 Å². The normalized spacial score (nSPS) is 14.0. The highest BCUT2D eigenvalue weighted by molar-refractivity contribution is 7.21. The molecule has 0 aliphatic carbocycles. The number of benzene rings is 9. The zero-order valence-corrected chi connectivity index (χ0v) is 38.9. The molecule has 0 atom stereocenters. The highest BCUT2D eigenvalue weighted by atomic mass is 28.3. The summed E-state index contributed by atoms with van der Waals surface area (Å²) in [5.74, 6) is 0. The Kier molecular flexibility index (Phi) is 8.98. The zero-order chi connectivity index (χ0) is 44.1. The van der Waals surface area contributed by atoms with E-state index >= 15 is 0 Å². The summed E-state index contributed by atoms with van der Waals surface area (Å²) in [5, 5.41) is 5.60. The van der Waals surface area contributed by atoms with Crippen molar-refractivity contribution in [2.45, 2.75) is 41.5 Å². The van der Waals surface area contributed by atoms with Gasteiger partial charge in [0.05, 0.1) is 5.69 Å². The molecule has 0 N–H and O–H groups in total. The SMILES string of the molecule is Cc1ccc(N2c3ccc(C)cc3B3c4cc(C)ccc4N(c4ccc(C)cc4)c4cc(N5c6ccc(C)cc6[Si](c6ccccc6)(c6ccccc6)c6cc(C)ccc65)cc2c43)cc1. The number of anilines is 9. The molecule has 3 nitrogen and oxygen atoms in total. The van der Waals surface area contributed by atoms with Crippen LogP contribution < -0.4 is 51.8 Å². The van der Waals surface area contributed by atoms with Gasteiger partial charge in [0.2, 0.25) is 0 Å². The quantitative estimate of drug-likeness (QED) is 0.160. The van der Waals surface area contributed by atoms with E-state index in [0.717, 1.165) is 17.1 Å². The first-order valence-electron chi connectivity index (χ1n) is 22.9. The van der Waals surface area contributed by atoms with E-state index in [1.54, 1.807) is 0 Å². The summed E-state index contributed by atoms with van der Waals surface area (Å²) in [6.07, 6.45) is 0. The monoisotopic (exact) mass is 851 g/mol. The first-order chi connectivity index (χ1) is 31.7. The molecule has 3 aliphatic rings. The summed E-state index contributed by atoms with van der Waals surface area (Å²) < 4.78 is 0. The van der Waals surface area contributed by atoms with Crippen LogP contribution in [-0.2, 0) is 0 Å². The maximum atomic E-state index is 2.60. The van der Waals surface area contributed by atoms with Gasteiger partial charge < -0.3 is 14.7 Å². The Morgan fingerprint density at radius 3 is 1.08 bits per heavy atom. The van der Waals surface area contributed by atoms with Crippen molar-refractivity contribution >= 4 is 103 Å². The van der Waals surface area contributed by atoms with E-state index in [-0.39, 0.29) is 6.71 Å². The fourth-order valence-corrected chi connectivity index (χ4v) is 16.6. The van der Waals surface area contributed by atoms with Gasteiger partial charge in [0.1, 0.15) is 0 Å². The van der Waals surface area contributed by atoms with E-state index < -0.39 is 8.07 Å². The van der Waals surface area contributed by atoms with Crippen LogP contribution in [0.25, 0.3) is 0 Å². The van der Waals surface area contributed by atoms with Gasteiger partial charge in [0.25, 0.3) is 6.71 Å². The number of hydrogen-bond acceptors (Lipinski definition) is 3. The average Bonchev–Trinajstić information content (AvgIpc) is 3.32. The Morgan fingerprint density at radius 2 is 0.662 bits per heavy atom. The summed E-state index contributed by atoms with van der Waals surface area (Å²) >= 11 is 0. The molecular weight excluding hydrogens is 802 g/mol. The first kappa shape index (κ1) is 39.3. The molecule has 0 amide bonds. The van der Waals surface area contributed by atoms with Crippen molar-refractivity contribution in [2.24, 2.45) is 0 Å². The van der Waals surface area contributed by atoms with Gasteiger partial charge in [-0.15, -0.1) is 0 Å². The molecule has 3 heterocycles. The predicted octanol–water partition coefficient (Wildman–Crippen LogP) is 10.8. The minimum Gasteiger partial charge on any atom is -0.311 e. The third-order valence-electron chi connectivity index (χ3n) is 14.2.